The Balaban J connectivity index is 1.55. The largest absolute Gasteiger partial charge is 0.338 e. The van der Waals surface area contributed by atoms with Crippen LogP contribution in [0.2, 0.25) is 0 Å². The van der Waals surface area contributed by atoms with Gasteiger partial charge >= 0.3 is 0 Å². The monoisotopic (exact) mass is 378 g/mol. The van der Waals surface area contributed by atoms with Gasteiger partial charge in [-0.15, -0.1) is 0 Å². The summed E-state index contributed by atoms with van der Waals surface area (Å²) in [5.41, 5.74) is 2.41. The van der Waals surface area contributed by atoms with Crippen LogP contribution in [0, 0.1) is 11.6 Å². The number of likely N-dealkylation sites (tertiary alicyclic amines) is 1. The molecule has 0 bridgehead atoms. The summed E-state index contributed by atoms with van der Waals surface area (Å²) in [6.07, 6.45) is 1.78. The van der Waals surface area contributed by atoms with E-state index in [0.29, 0.717) is 29.9 Å². The van der Waals surface area contributed by atoms with Crippen LogP contribution in [0.25, 0.3) is 11.3 Å². The topological polar surface area (TPSA) is 33.2 Å². The van der Waals surface area contributed by atoms with Gasteiger partial charge in [0, 0.05) is 35.8 Å². The minimum atomic E-state index is -0.359. The number of hydrogen-bond donors (Lipinski definition) is 0. The lowest BCUT2D eigenvalue weighted by atomic mass is 9.93. The predicted molar refractivity (Wildman–Crippen MR) is 104 cm³/mol. The zero-order chi connectivity index (χ0) is 19.5. The molecular weight excluding hydrogens is 358 g/mol. The number of aromatic nitrogens is 1. The molecule has 3 aromatic rings. The van der Waals surface area contributed by atoms with Gasteiger partial charge < -0.3 is 4.90 Å². The Bertz CT molecular complexity index is 988. The zero-order valence-electron chi connectivity index (χ0n) is 15.3. The van der Waals surface area contributed by atoms with E-state index in [0.717, 1.165) is 18.5 Å². The molecule has 2 heterocycles. The van der Waals surface area contributed by atoms with Crippen LogP contribution in [0.15, 0.2) is 66.7 Å². The Hall–Kier alpha value is -3.08. The highest BCUT2D eigenvalue weighted by Gasteiger charge is 2.26. The number of benzene rings is 2. The Morgan fingerprint density at radius 2 is 1.75 bits per heavy atom. The van der Waals surface area contributed by atoms with Crippen molar-refractivity contribution in [2.45, 2.75) is 18.8 Å². The Morgan fingerprint density at radius 3 is 2.54 bits per heavy atom. The molecule has 1 unspecified atom stereocenters. The minimum Gasteiger partial charge on any atom is -0.338 e. The summed E-state index contributed by atoms with van der Waals surface area (Å²) in [6.45, 7) is 1.21. The first-order valence-electron chi connectivity index (χ1n) is 9.38. The highest BCUT2D eigenvalue weighted by Crippen LogP contribution is 2.29. The molecular formula is C23H20F2N2O. The van der Waals surface area contributed by atoms with Crippen LogP contribution in [-0.4, -0.2) is 28.9 Å². The predicted octanol–water partition coefficient (Wildman–Crippen LogP) is 5.05. The highest BCUT2D eigenvalue weighted by atomic mass is 19.1. The number of pyridine rings is 1. The first kappa shape index (κ1) is 18.3. The third kappa shape index (κ3) is 3.79. The smallest absolute Gasteiger partial charge is 0.253 e. The van der Waals surface area contributed by atoms with Gasteiger partial charge in [-0.1, -0.05) is 18.2 Å². The van der Waals surface area contributed by atoms with E-state index < -0.39 is 0 Å². The van der Waals surface area contributed by atoms with Gasteiger partial charge in [0.15, 0.2) is 0 Å². The van der Waals surface area contributed by atoms with Crippen molar-refractivity contribution in [1.82, 2.24) is 9.88 Å². The van der Waals surface area contributed by atoms with E-state index in [-0.39, 0.29) is 23.5 Å². The molecule has 1 aromatic heterocycles. The average molecular weight is 378 g/mol. The number of hydrogen-bond acceptors (Lipinski definition) is 2. The van der Waals surface area contributed by atoms with Crippen LogP contribution >= 0.6 is 0 Å². The van der Waals surface area contributed by atoms with Crippen LogP contribution < -0.4 is 0 Å². The van der Waals surface area contributed by atoms with Crippen LogP contribution in [0.5, 0.6) is 0 Å². The minimum absolute atomic E-state index is 0.0878. The Labute approximate surface area is 162 Å². The van der Waals surface area contributed by atoms with E-state index in [4.69, 9.17) is 0 Å². The maximum absolute atomic E-state index is 14.1. The quantitative estimate of drug-likeness (QED) is 0.639. The molecule has 1 fully saturated rings. The zero-order valence-corrected chi connectivity index (χ0v) is 15.3. The number of amides is 1. The van der Waals surface area contributed by atoms with Crippen molar-refractivity contribution >= 4 is 5.91 Å². The molecule has 1 aliphatic heterocycles. The van der Waals surface area contributed by atoms with Crippen molar-refractivity contribution < 1.29 is 13.6 Å². The summed E-state index contributed by atoms with van der Waals surface area (Å²) in [6, 6.07) is 17.8. The second kappa shape index (κ2) is 7.89. The lowest BCUT2D eigenvalue weighted by Gasteiger charge is -2.32. The number of halogens is 2. The van der Waals surface area contributed by atoms with E-state index in [1.807, 2.05) is 12.1 Å². The van der Waals surface area contributed by atoms with Crippen molar-refractivity contribution in [2.24, 2.45) is 0 Å². The number of rotatable bonds is 3. The first-order chi connectivity index (χ1) is 13.6. The van der Waals surface area contributed by atoms with Crippen molar-refractivity contribution in [3.63, 3.8) is 0 Å². The molecule has 1 amide bonds. The van der Waals surface area contributed by atoms with Gasteiger partial charge in [-0.3, -0.25) is 9.78 Å². The molecule has 28 heavy (non-hydrogen) atoms. The van der Waals surface area contributed by atoms with Crippen molar-refractivity contribution in [2.75, 3.05) is 13.1 Å². The molecule has 0 aliphatic carbocycles. The second-order valence-corrected chi connectivity index (χ2v) is 7.02. The van der Waals surface area contributed by atoms with Crippen molar-refractivity contribution in [1.29, 1.82) is 0 Å². The molecule has 1 saturated heterocycles. The molecule has 0 radical (unpaired) electrons. The van der Waals surface area contributed by atoms with E-state index in [1.165, 1.54) is 30.3 Å². The van der Waals surface area contributed by atoms with E-state index in [2.05, 4.69) is 4.98 Å². The summed E-state index contributed by atoms with van der Waals surface area (Å²) >= 11 is 0. The van der Waals surface area contributed by atoms with Gasteiger partial charge in [0.2, 0.25) is 0 Å². The number of nitrogens with zero attached hydrogens (tertiary/aromatic N) is 2. The summed E-state index contributed by atoms with van der Waals surface area (Å²) < 4.78 is 27.2. The van der Waals surface area contributed by atoms with Crippen LogP contribution in [-0.2, 0) is 0 Å². The van der Waals surface area contributed by atoms with E-state index >= 15 is 0 Å². The van der Waals surface area contributed by atoms with Crippen molar-refractivity contribution in [3.8, 4) is 11.3 Å². The standard InChI is InChI=1S/C23H20F2N2O/c24-18-12-10-16(11-13-18)23(28)27-14-4-5-17(15-27)21-8-3-9-22(26-21)19-6-1-2-7-20(19)25/h1-3,6-13,17H,4-5,14-15H2. The van der Waals surface area contributed by atoms with Gasteiger partial charge in [0.25, 0.3) is 5.91 Å². The van der Waals surface area contributed by atoms with E-state index in [9.17, 15) is 13.6 Å². The lowest BCUT2D eigenvalue weighted by Crippen LogP contribution is -2.39. The molecule has 3 nitrogen and oxygen atoms in total. The first-order valence-corrected chi connectivity index (χ1v) is 9.38. The normalized spacial score (nSPS) is 16.8. The summed E-state index contributed by atoms with van der Waals surface area (Å²) in [5.74, 6) is -0.675. The molecule has 0 spiro atoms. The summed E-state index contributed by atoms with van der Waals surface area (Å²) in [7, 11) is 0. The number of carbonyl (C=O) groups excluding carboxylic acids is 1. The second-order valence-electron chi connectivity index (χ2n) is 7.02. The SMILES string of the molecule is O=C(c1ccc(F)cc1)N1CCCC(c2cccc(-c3ccccc3F)n2)C1. The Kier molecular flexibility index (Phi) is 5.15. The number of piperidine rings is 1. The number of carbonyl (C=O) groups is 1. The molecule has 1 atom stereocenters. The fraction of sp³-hybridized carbons (Fsp3) is 0.217. The van der Waals surface area contributed by atoms with Crippen LogP contribution in [0.1, 0.15) is 34.8 Å². The van der Waals surface area contributed by atoms with Crippen LogP contribution in [0.4, 0.5) is 8.78 Å². The molecule has 2 aromatic carbocycles. The van der Waals surface area contributed by atoms with Gasteiger partial charge in [-0.05, 0) is 61.4 Å². The molecule has 5 heteroatoms. The van der Waals surface area contributed by atoms with Crippen molar-refractivity contribution in [3.05, 3.63) is 89.6 Å². The molecule has 0 N–H and O–H groups in total. The maximum atomic E-state index is 14.1. The third-order valence-electron chi connectivity index (χ3n) is 5.14. The highest BCUT2D eigenvalue weighted by molar-refractivity contribution is 5.94. The van der Waals surface area contributed by atoms with Gasteiger partial charge in [-0.2, -0.15) is 0 Å². The molecule has 4 rings (SSSR count). The summed E-state index contributed by atoms with van der Waals surface area (Å²) in [5, 5.41) is 0. The fourth-order valence-corrected chi connectivity index (χ4v) is 3.68. The third-order valence-corrected chi connectivity index (χ3v) is 5.14. The summed E-state index contributed by atoms with van der Waals surface area (Å²) in [4.78, 5) is 19.2. The van der Waals surface area contributed by atoms with Gasteiger partial charge in [0.1, 0.15) is 11.6 Å². The average Bonchev–Trinajstić information content (AvgIpc) is 2.74. The molecule has 142 valence electrons. The van der Waals surface area contributed by atoms with Gasteiger partial charge in [-0.25, -0.2) is 8.78 Å². The Morgan fingerprint density at radius 1 is 0.964 bits per heavy atom. The maximum Gasteiger partial charge on any atom is 0.253 e. The molecule has 0 saturated carbocycles. The fourth-order valence-electron chi connectivity index (χ4n) is 3.68. The van der Waals surface area contributed by atoms with Crippen LogP contribution in [0.3, 0.4) is 0 Å². The van der Waals surface area contributed by atoms with E-state index in [1.54, 1.807) is 29.2 Å². The molecule has 1 aliphatic rings. The van der Waals surface area contributed by atoms with Gasteiger partial charge in [0.05, 0.1) is 5.69 Å². The lowest BCUT2D eigenvalue weighted by molar-refractivity contribution is 0.0706.